The highest BCUT2D eigenvalue weighted by molar-refractivity contribution is 7.47. The molecular weight excluding hydrogens is 497 g/mol. The molecule has 0 radical (unpaired) electrons. The number of hydrogen-bond donors (Lipinski definition) is 1. The van der Waals surface area contributed by atoms with Crippen LogP contribution >= 0.6 is 7.82 Å². The number of unbranched alkanes of at least 4 members (excludes halogenated alkanes) is 16. The molecule has 0 aliphatic rings. The molecule has 228 valence electrons. The molecule has 2 atom stereocenters. The number of nitrogens with zero attached hydrogens (tertiary/aromatic N) is 1. The van der Waals surface area contributed by atoms with E-state index in [9.17, 15) is 14.3 Å². The summed E-state index contributed by atoms with van der Waals surface area (Å²) in [6.45, 7) is 5.16. The molecule has 0 aromatic carbocycles. The molecule has 0 amide bonds. The summed E-state index contributed by atoms with van der Waals surface area (Å²) in [6, 6.07) is 0. The number of Topliss-reactive ketones (excluding diaryl/α,β-unsaturated/α-hetero) is 1. The second-order valence-corrected chi connectivity index (χ2v) is 13.9. The van der Waals surface area contributed by atoms with Gasteiger partial charge in [-0.3, -0.25) is 13.8 Å². The molecule has 7 heteroatoms. The van der Waals surface area contributed by atoms with Crippen LogP contribution in [-0.2, 0) is 18.4 Å². The number of carbonyl (C=O) groups excluding carboxylic acids is 1. The average Bonchev–Trinajstić information content (AvgIpc) is 2.83. The molecule has 2 unspecified atom stereocenters. The lowest BCUT2D eigenvalue weighted by Crippen LogP contribution is -2.37. The van der Waals surface area contributed by atoms with Crippen LogP contribution < -0.4 is 0 Å². The highest BCUT2D eigenvalue weighted by Crippen LogP contribution is 2.44. The smallest absolute Gasteiger partial charge is 0.329 e. The van der Waals surface area contributed by atoms with E-state index < -0.39 is 7.82 Å². The van der Waals surface area contributed by atoms with Crippen molar-refractivity contribution in [1.82, 2.24) is 0 Å². The van der Waals surface area contributed by atoms with Gasteiger partial charge in [0.2, 0.25) is 0 Å². The third-order valence-corrected chi connectivity index (χ3v) is 8.24. The first-order valence-corrected chi connectivity index (χ1v) is 17.5. The Labute approximate surface area is 236 Å². The topological polar surface area (TPSA) is 72.8 Å². The van der Waals surface area contributed by atoms with Gasteiger partial charge in [0.15, 0.2) is 0 Å². The van der Waals surface area contributed by atoms with Crippen LogP contribution in [0.2, 0.25) is 0 Å². The molecule has 0 aromatic rings. The second kappa shape index (κ2) is 24.5. The minimum atomic E-state index is -4.09. The van der Waals surface area contributed by atoms with E-state index in [1.807, 2.05) is 28.1 Å². The van der Waals surface area contributed by atoms with Gasteiger partial charge in [-0.25, -0.2) is 4.57 Å². The maximum absolute atomic E-state index is 12.3. The minimum Gasteiger partial charge on any atom is -0.329 e. The first kappa shape index (κ1) is 37.7. The fraction of sp³-hybridized carbons (Fsp3) is 0.968. The number of hydrogen-bond acceptors (Lipinski definition) is 4. The average molecular weight is 563 g/mol. The number of quaternary nitrogens is 1. The van der Waals surface area contributed by atoms with Gasteiger partial charge in [0.25, 0.3) is 0 Å². The van der Waals surface area contributed by atoms with Gasteiger partial charge >= 0.3 is 7.82 Å². The van der Waals surface area contributed by atoms with E-state index in [2.05, 4.69) is 6.92 Å². The zero-order chi connectivity index (χ0) is 28.5. The van der Waals surface area contributed by atoms with Crippen molar-refractivity contribution in [2.45, 2.75) is 149 Å². The van der Waals surface area contributed by atoms with Crippen LogP contribution in [0.15, 0.2) is 0 Å². The van der Waals surface area contributed by atoms with Crippen LogP contribution in [0, 0.1) is 5.92 Å². The summed E-state index contributed by atoms with van der Waals surface area (Å²) in [4.78, 5) is 22.3. The Kier molecular flexibility index (Phi) is 24.4. The summed E-state index contributed by atoms with van der Waals surface area (Å²) in [5.74, 6) is 0.194. The Balaban J connectivity index is 3.92. The zero-order valence-corrected chi connectivity index (χ0v) is 26.9. The Hall–Kier alpha value is -0.260. The van der Waals surface area contributed by atoms with Crippen molar-refractivity contribution < 1.29 is 27.8 Å². The standard InChI is InChI=1S/C31H64NO5P/c1-6-8-9-10-11-12-13-14-15-16-17-18-19-20-21-22-23-25-30(28-31(33)24-7-2)29-37-38(34,35)36-27-26-32(3,4)5/h30H,6-29H2,1-5H3/p+1. The SMILES string of the molecule is CCCCCCCCCCCCCCCCCCCC(COP(=O)(O)OCC[N+](C)(C)C)CC(=O)CCC. The largest absolute Gasteiger partial charge is 0.472 e. The van der Waals surface area contributed by atoms with Crippen molar-refractivity contribution >= 4 is 13.6 Å². The summed E-state index contributed by atoms with van der Waals surface area (Å²) in [5, 5.41) is 0. The van der Waals surface area contributed by atoms with Gasteiger partial charge in [0, 0.05) is 12.8 Å². The molecule has 0 saturated heterocycles. The number of phosphoric ester groups is 1. The highest BCUT2D eigenvalue weighted by Gasteiger charge is 2.25. The van der Waals surface area contributed by atoms with Crippen molar-refractivity contribution in [1.29, 1.82) is 0 Å². The second-order valence-electron chi connectivity index (χ2n) is 12.4. The molecule has 0 aromatic heterocycles. The van der Waals surface area contributed by atoms with Gasteiger partial charge < -0.3 is 9.38 Å². The summed E-state index contributed by atoms with van der Waals surface area (Å²) in [5.41, 5.74) is 0. The van der Waals surface area contributed by atoms with E-state index in [4.69, 9.17) is 9.05 Å². The van der Waals surface area contributed by atoms with E-state index in [1.54, 1.807) is 0 Å². The lowest BCUT2D eigenvalue weighted by molar-refractivity contribution is -0.870. The number of rotatable bonds is 29. The summed E-state index contributed by atoms with van der Waals surface area (Å²) in [6.07, 6.45) is 25.4. The Morgan fingerprint density at radius 1 is 0.711 bits per heavy atom. The zero-order valence-electron chi connectivity index (χ0n) is 26.0. The van der Waals surface area contributed by atoms with Gasteiger partial charge in [-0.05, 0) is 18.8 Å². The van der Waals surface area contributed by atoms with Crippen LogP contribution in [0.5, 0.6) is 0 Å². The monoisotopic (exact) mass is 562 g/mol. The Morgan fingerprint density at radius 2 is 1.16 bits per heavy atom. The van der Waals surface area contributed by atoms with Gasteiger partial charge in [-0.1, -0.05) is 123 Å². The fourth-order valence-electron chi connectivity index (χ4n) is 4.77. The van der Waals surface area contributed by atoms with Crippen LogP contribution in [0.1, 0.15) is 149 Å². The van der Waals surface area contributed by atoms with Crippen LogP contribution in [0.3, 0.4) is 0 Å². The molecule has 6 nitrogen and oxygen atoms in total. The van der Waals surface area contributed by atoms with Crippen molar-refractivity contribution in [3.8, 4) is 0 Å². The lowest BCUT2D eigenvalue weighted by Gasteiger charge is -2.24. The third kappa shape index (κ3) is 27.3. The predicted molar refractivity (Wildman–Crippen MR) is 161 cm³/mol. The van der Waals surface area contributed by atoms with Crippen molar-refractivity contribution in [3.63, 3.8) is 0 Å². The van der Waals surface area contributed by atoms with Crippen molar-refractivity contribution in [3.05, 3.63) is 0 Å². The van der Waals surface area contributed by atoms with E-state index in [0.717, 1.165) is 25.7 Å². The molecular formula is C31H65NO5P+. The lowest BCUT2D eigenvalue weighted by atomic mass is 9.94. The molecule has 1 N–H and O–H groups in total. The van der Waals surface area contributed by atoms with Crippen molar-refractivity contribution in [2.75, 3.05) is 40.9 Å². The molecule has 0 saturated carbocycles. The Bertz CT molecular complexity index is 593. The fourth-order valence-corrected chi connectivity index (χ4v) is 5.56. The van der Waals surface area contributed by atoms with E-state index >= 15 is 0 Å². The molecule has 0 spiro atoms. The molecule has 0 fully saturated rings. The van der Waals surface area contributed by atoms with Crippen LogP contribution in [0.4, 0.5) is 0 Å². The predicted octanol–water partition coefficient (Wildman–Crippen LogP) is 9.24. The quantitative estimate of drug-likeness (QED) is 0.0559. The molecule has 0 aliphatic carbocycles. The van der Waals surface area contributed by atoms with Crippen molar-refractivity contribution in [2.24, 2.45) is 5.92 Å². The first-order valence-electron chi connectivity index (χ1n) is 16.0. The minimum absolute atomic E-state index is 0.0205. The normalized spacial score (nSPS) is 14.5. The molecule has 0 bridgehead atoms. The number of phosphoric acid groups is 1. The summed E-state index contributed by atoms with van der Waals surface area (Å²) in [7, 11) is 1.91. The highest BCUT2D eigenvalue weighted by atomic mass is 31.2. The van der Waals surface area contributed by atoms with Gasteiger partial charge in [-0.2, -0.15) is 0 Å². The van der Waals surface area contributed by atoms with Gasteiger partial charge in [-0.15, -0.1) is 0 Å². The molecule has 0 aliphatic heterocycles. The number of carbonyl (C=O) groups is 1. The van der Waals surface area contributed by atoms with E-state index in [0.29, 0.717) is 23.9 Å². The Morgan fingerprint density at radius 3 is 1.58 bits per heavy atom. The number of likely N-dealkylation sites (N-methyl/N-ethyl adjacent to an activating group) is 1. The maximum Gasteiger partial charge on any atom is 0.472 e. The van der Waals surface area contributed by atoms with Gasteiger partial charge in [0.05, 0.1) is 27.7 Å². The summed E-state index contributed by atoms with van der Waals surface area (Å²) >= 11 is 0. The molecule has 0 rings (SSSR count). The summed E-state index contributed by atoms with van der Waals surface area (Å²) < 4.78 is 23.3. The van der Waals surface area contributed by atoms with Crippen LogP contribution in [-0.4, -0.2) is 56.1 Å². The molecule has 38 heavy (non-hydrogen) atoms. The first-order chi connectivity index (χ1) is 18.1. The van der Waals surface area contributed by atoms with Gasteiger partial charge in [0.1, 0.15) is 18.9 Å². The van der Waals surface area contributed by atoms with Crippen LogP contribution in [0.25, 0.3) is 0 Å². The van der Waals surface area contributed by atoms with E-state index in [-0.39, 0.29) is 24.9 Å². The molecule has 0 heterocycles. The third-order valence-electron chi connectivity index (χ3n) is 7.25. The number of ketones is 1. The van der Waals surface area contributed by atoms with E-state index in [1.165, 1.54) is 96.3 Å². The maximum atomic E-state index is 12.3.